The van der Waals surface area contributed by atoms with E-state index in [4.69, 9.17) is 24.7 Å². The number of likely N-dealkylation sites (N-methyl/N-ethyl adjacent to an activating group) is 1. The molecule has 0 radical (unpaired) electrons. The van der Waals surface area contributed by atoms with E-state index in [9.17, 15) is 28.8 Å². The van der Waals surface area contributed by atoms with Gasteiger partial charge in [-0.3, -0.25) is 33.7 Å². The van der Waals surface area contributed by atoms with Gasteiger partial charge in [-0.1, -0.05) is 84.2 Å². The number of unbranched alkanes of at least 4 members (excludes halogenated alkanes) is 3. The van der Waals surface area contributed by atoms with Crippen LogP contribution in [0.4, 0.5) is 5.69 Å². The van der Waals surface area contributed by atoms with Crippen LogP contribution in [0.25, 0.3) is 0 Å². The third-order valence-electron chi connectivity index (χ3n) is 15.6. The smallest absolute Gasteiger partial charge is 0.309 e. The molecular weight excluding hydrogens is 891 g/mol. The van der Waals surface area contributed by atoms with Gasteiger partial charge in [0.1, 0.15) is 17.6 Å². The van der Waals surface area contributed by atoms with Crippen molar-refractivity contribution in [1.82, 2.24) is 20.0 Å². The highest BCUT2D eigenvalue weighted by Crippen LogP contribution is 2.43. The molecule has 3 amide bonds. The molecule has 11 atom stereocenters. The molecule has 1 aliphatic carbocycles. The molecule has 3 N–H and O–H groups in total. The van der Waals surface area contributed by atoms with Gasteiger partial charge < -0.3 is 39.8 Å². The van der Waals surface area contributed by atoms with Crippen molar-refractivity contribution in [3.8, 4) is 5.75 Å². The van der Waals surface area contributed by atoms with Gasteiger partial charge >= 0.3 is 5.97 Å². The Kier molecular flexibility index (Phi) is 21.7. The Labute approximate surface area is 417 Å². The molecule has 2 aliphatic heterocycles. The number of likely N-dealkylation sites (tertiary alicyclic amines) is 2. The van der Waals surface area contributed by atoms with Crippen LogP contribution in [0.3, 0.4) is 0 Å². The lowest BCUT2D eigenvalue weighted by Gasteiger charge is -2.41. The molecule has 388 valence electrons. The number of fused-ring (bicyclic) bond motifs is 2. The molecule has 1 saturated carbocycles. The number of nitrogen functional groups attached to an aromatic ring is 1. The molecule has 15 nitrogen and oxygen atoms in total. The van der Waals surface area contributed by atoms with Crippen molar-refractivity contribution in [3.05, 3.63) is 59.7 Å². The van der Waals surface area contributed by atoms with E-state index in [-0.39, 0.29) is 66.2 Å². The quantitative estimate of drug-likeness (QED) is 0.0371. The highest BCUT2D eigenvalue weighted by Gasteiger charge is 2.50. The lowest BCUT2D eigenvalue weighted by molar-refractivity contribution is -0.149. The number of carbonyl (C=O) groups excluding carboxylic acids is 6. The van der Waals surface area contributed by atoms with Crippen molar-refractivity contribution in [2.24, 2.45) is 29.6 Å². The number of esters is 1. The fraction of sp³-hybridized carbons (Fsp3) is 0.673. The molecule has 15 heteroatoms. The lowest BCUT2D eigenvalue weighted by atomic mass is 9.85. The summed E-state index contributed by atoms with van der Waals surface area (Å²) in [4.78, 5) is 87.3. The molecule has 2 heterocycles. The van der Waals surface area contributed by atoms with Crippen molar-refractivity contribution in [1.29, 1.82) is 0 Å². The van der Waals surface area contributed by atoms with Gasteiger partial charge in [0.25, 0.3) is 0 Å². The van der Waals surface area contributed by atoms with Crippen LogP contribution < -0.4 is 15.8 Å². The van der Waals surface area contributed by atoms with Crippen LogP contribution in [0.15, 0.2) is 48.5 Å². The minimum Gasteiger partial charge on any atom is -0.494 e. The Bertz CT molecular complexity index is 2030. The number of ether oxygens (including phenoxy) is 4. The number of hydrogen-bond donors (Lipinski definition) is 2. The van der Waals surface area contributed by atoms with Crippen molar-refractivity contribution < 1.29 is 47.7 Å². The van der Waals surface area contributed by atoms with E-state index >= 15 is 0 Å². The number of ketones is 1. The standard InChI is InChI=1S/C55H83N5O10/c1-10-36(4)50(47(67-7)33-48(63)60-27-18-21-45(60)52(68-8)37(5)46(62)31-41(55(66)69-9)29-38-19-14-13-15-20-38)58(6)54(65)49(35(2)3)57-53(64)51-39-22-24-42(30-39)59(51)26-16-11-12-17-28-70-43-25-23-40(34-61)44(56)32-43/h13-15,19-20,23,25,32,34-37,39,41-42,45,47,49-52H,10-12,16-18,21-22,24,26-31,33,56H2,1-9H3,(H,57,64)/t36-,37-,39-,41+,42-,45-,47+,49-,50-,51-,52+/m0/s1. The number of methoxy groups -OCH3 is 3. The fourth-order valence-corrected chi connectivity index (χ4v) is 11.5. The largest absolute Gasteiger partial charge is 0.494 e. The van der Waals surface area contributed by atoms with Gasteiger partial charge in [0.15, 0.2) is 6.29 Å². The van der Waals surface area contributed by atoms with E-state index in [1.807, 2.05) is 56.0 Å². The van der Waals surface area contributed by atoms with Crippen molar-refractivity contribution in [2.75, 3.05) is 53.8 Å². The van der Waals surface area contributed by atoms with Crippen molar-refractivity contribution >= 4 is 41.4 Å². The van der Waals surface area contributed by atoms with Gasteiger partial charge in [0.05, 0.1) is 56.4 Å². The SMILES string of the molecule is CC[C@H](C)[C@@H]([C@@H](CC(=O)N1CCC[C@H]1[C@H](OC)[C@@H](C)C(=O)C[C@@H](Cc1ccccc1)C(=O)OC)OC)N(C)C(=O)[C@@H](NC(=O)[C@@H]1[C@H]2CC[C@@H](C2)N1CCCCCCOc1ccc(C=O)c(N)c1)C(C)C. The predicted octanol–water partition coefficient (Wildman–Crippen LogP) is 6.93. The Morgan fingerprint density at radius 3 is 2.29 bits per heavy atom. The molecule has 3 fully saturated rings. The Balaban J connectivity index is 1.19. The van der Waals surface area contributed by atoms with E-state index in [1.165, 1.54) is 7.11 Å². The summed E-state index contributed by atoms with van der Waals surface area (Å²) < 4.78 is 23.1. The summed E-state index contributed by atoms with van der Waals surface area (Å²) in [5.41, 5.74) is 7.70. The summed E-state index contributed by atoms with van der Waals surface area (Å²) >= 11 is 0. The number of rotatable bonds is 29. The normalized spacial score (nSPS) is 21.9. The zero-order valence-corrected chi connectivity index (χ0v) is 43.4. The first-order valence-electron chi connectivity index (χ1n) is 25.9. The predicted molar refractivity (Wildman–Crippen MR) is 270 cm³/mol. The number of anilines is 1. The molecule has 0 spiro atoms. The first kappa shape index (κ1) is 56.1. The van der Waals surface area contributed by atoms with E-state index in [0.717, 1.165) is 76.2 Å². The zero-order chi connectivity index (χ0) is 51.1. The summed E-state index contributed by atoms with van der Waals surface area (Å²) in [7, 11) is 6.23. The molecule has 5 rings (SSSR count). The molecule has 0 unspecified atom stereocenters. The molecule has 2 aromatic rings. The van der Waals surface area contributed by atoms with E-state index in [2.05, 4.69) is 24.1 Å². The number of carbonyl (C=O) groups is 6. The second-order valence-electron chi connectivity index (χ2n) is 20.5. The maximum atomic E-state index is 14.7. The van der Waals surface area contributed by atoms with Gasteiger partial charge in [-0.2, -0.15) is 0 Å². The van der Waals surface area contributed by atoms with Crippen LogP contribution in [0.1, 0.15) is 128 Å². The van der Waals surface area contributed by atoms with Crippen LogP contribution in [0, 0.1) is 29.6 Å². The summed E-state index contributed by atoms with van der Waals surface area (Å²) in [6.07, 6.45) is 8.82. The molecule has 3 aliphatic rings. The number of aldehydes is 1. The molecule has 2 saturated heterocycles. The zero-order valence-electron chi connectivity index (χ0n) is 43.4. The minimum absolute atomic E-state index is 0.0110. The average Bonchev–Trinajstić information content (AvgIpc) is 4.13. The van der Waals surface area contributed by atoms with Gasteiger partial charge in [0, 0.05) is 63.5 Å². The number of nitrogens with two attached hydrogens (primary N) is 1. The number of nitrogens with one attached hydrogen (secondary N) is 1. The second kappa shape index (κ2) is 27.1. The van der Waals surface area contributed by atoms with Crippen molar-refractivity contribution in [2.45, 2.75) is 161 Å². The molecule has 2 aromatic carbocycles. The topological polar surface area (TPSA) is 187 Å². The minimum atomic E-state index is -0.779. The number of piperidine rings is 1. The Morgan fingerprint density at radius 2 is 1.64 bits per heavy atom. The average molecular weight is 974 g/mol. The first-order valence-corrected chi connectivity index (χ1v) is 25.9. The van der Waals surface area contributed by atoms with Crippen LogP contribution in [-0.2, 0) is 44.6 Å². The number of hydrogen-bond acceptors (Lipinski definition) is 12. The van der Waals surface area contributed by atoms with E-state index in [1.54, 1.807) is 44.4 Å². The maximum Gasteiger partial charge on any atom is 0.309 e. The van der Waals surface area contributed by atoms with Gasteiger partial charge in [-0.15, -0.1) is 0 Å². The highest BCUT2D eigenvalue weighted by atomic mass is 16.5. The van der Waals surface area contributed by atoms with Crippen LogP contribution in [0.2, 0.25) is 0 Å². The van der Waals surface area contributed by atoms with Gasteiger partial charge in [-0.25, -0.2) is 0 Å². The molecular formula is C55H83N5O10. The van der Waals surface area contributed by atoms with Crippen LogP contribution >= 0.6 is 0 Å². The lowest BCUT2D eigenvalue weighted by Crippen LogP contribution is -2.60. The van der Waals surface area contributed by atoms with Crippen LogP contribution in [0.5, 0.6) is 5.75 Å². The fourth-order valence-electron chi connectivity index (χ4n) is 11.5. The first-order chi connectivity index (χ1) is 33.6. The van der Waals surface area contributed by atoms with E-state index < -0.39 is 42.1 Å². The van der Waals surface area contributed by atoms with Gasteiger partial charge in [-0.05, 0) is 93.4 Å². The molecule has 70 heavy (non-hydrogen) atoms. The summed E-state index contributed by atoms with van der Waals surface area (Å²) in [5, 5.41) is 3.23. The van der Waals surface area contributed by atoms with Crippen LogP contribution in [-0.4, -0.2) is 141 Å². The molecule has 0 aromatic heterocycles. The monoisotopic (exact) mass is 974 g/mol. The number of benzene rings is 2. The Morgan fingerprint density at radius 1 is 0.914 bits per heavy atom. The number of amides is 3. The van der Waals surface area contributed by atoms with Gasteiger partial charge in [0.2, 0.25) is 17.7 Å². The Hall–Kier alpha value is -4.86. The number of nitrogens with zero attached hydrogens (tertiary/aromatic N) is 3. The highest BCUT2D eigenvalue weighted by molar-refractivity contribution is 5.91. The third-order valence-corrected chi connectivity index (χ3v) is 15.6. The van der Waals surface area contributed by atoms with Crippen molar-refractivity contribution in [3.63, 3.8) is 0 Å². The summed E-state index contributed by atoms with van der Waals surface area (Å²) in [6, 6.07) is 13.1. The number of Topliss-reactive ketones (excluding diaryl/α,β-unsaturated/α-hetero) is 1. The maximum absolute atomic E-state index is 14.7. The molecule has 2 bridgehead atoms. The summed E-state index contributed by atoms with van der Waals surface area (Å²) in [6.45, 7) is 11.7. The second-order valence-corrected chi connectivity index (χ2v) is 20.5. The van der Waals surface area contributed by atoms with E-state index in [0.29, 0.717) is 49.0 Å². The summed E-state index contributed by atoms with van der Waals surface area (Å²) in [5.74, 6) is -1.65. The third kappa shape index (κ3) is 14.2.